The predicted octanol–water partition coefficient (Wildman–Crippen LogP) is 1.82. The second-order valence-electron chi connectivity index (χ2n) is 4.69. The highest BCUT2D eigenvalue weighted by atomic mass is 32.2. The first kappa shape index (κ1) is 13.7. The lowest BCUT2D eigenvalue weighted by molar-refractivity contribution is -0.743. The third-order valence-corrected chi connectivity index (χ3v) is 3.99. The summed E-state index contributed by atoms with van der Waals surface area (Å²) in [4.78, 5) is -0.110. The Kier molecular flexibility index (Phi) is 3.40. The summed E-state index contributed by atoms with van der Waals surface area (Å²) in [6.07, 6.45) is 1.84. The molecule has 0 radical (unpaired) electrons. The van der Waals surface area contributed by atoms with Crippen LogP contribution in [0.3, 0.4) is 0 Å². The summed E-state index contributed by atoms with van der Waals surface area (Å²) < 4.78 is 33.1. The Hall–Kier alpha value is -2.31. The minimum absolute atomic E-state index is 0.110. The summed E-state index contributed by atoms with van der Waals surface area (Å²) in [5.41, 5.74) is 1.61. The van der Waals surface area contributed by atoms with Gasteiger partial charge in [0, 0.05) is 22.1 Å². The van der Waals surface area contributed by atoms with Gasteiger partial charge >= 0.3 is 0 Å². The summed E-state index contributed by atoms with van der Waals surface area (Å²) in [7, 11) is -4.18. The van der Waals surface area contributed by atoms with Crippen LogP contribution < -0.4 is 4.68 Å². The lowest BCUT2D eigenvalue weighted by atomic mass is 10.2. The van der Waals surface area contributed by atoms with Crippen molar-refractivity contribution in [1.29, 1.82) is 0 Å². The molecule has 0 amide bonds. The van der Waals surface area contributed by atoms with Crippen LogP contribution in [0.15, 0.2) is 65.7 Å². The quantitative estimate of drug-likeness (QED) is 0.591. The molecule has 0 saturated heterocycles. The summed E-state index contributed by atoms with van der Waals surface area (Å²) in [6, 6.07) is 15.9. The highest BCUT2D eigenvalue weighted by molar-refractivity contribution is 7.85. The number of benzene rings is 2. The van der Waals surface area contributed by atoms with Crippen molar-refractivity contribution in [3.05, 3.63) is 66.4 Å². The first-order valence-corrected chi connectivity index (χ1v) is 7.78. The molecule has 106 valence electrons. The van der Waals surface area contributed by atoms with Gasteiger partial charge in [-0.15, -0.1) is 0 Å². The molecular formula is C15H13N2O3S+. The van der Waals surface area contributed by atoms with E-state index < -0.39 is 10.1 Å². The number of nitrogens with zero attached hydrogens (tertiary/aromatic N) is 2. The fourth-order valence-corrected chi connectivity index (χ4v) is 2.69. The zero-order valence-electron chi connectivity index (χ0n) is 11.0. The normalized spacial score (nSPS) is 11.7. The Balaban J connectivity index is 1.95. The van der Waals surface area contributed by atoms with E-state index in [2.05, 4.69) is 5.10 Å². The van der Waals surface area contributed by atoms with E-state index in [1.54, 1.807) is 16.8 Å². The maximum Gasteiger partial charge on any atom is 0.294 e. The van der Waals surface area contributed by atoms with Crippen LogP contribution in [0.4, 0.5) is 0 Å². The molecule has 5 nitrogen and oxygen atoms in total. The SMILES string of the molecule is O=S(=O)(O)c1cccc(C[n+]2ccc3ccccc3n2)c1. The molecule has 0 aliphatic carbocycles. The van der Waals surface area contributed by atoms with Crippen LogP contribution in [0.5, 0.6) is 0 Å². The van der Waals surface area contributed by atoms with E-state index in [4.69, 9.17) is 4.55 Å². The summed E-state index contributed by atoms with van der Waals surface area (Å²) in [6.45, 7) is 0.425. The summed E-state index contributed by atoms with van der Waals surface area (Å²) in [5.74, 6) is 0. The van der Waals surface area contributed by atoms with Gasteiger partial charge in [0.2, 0.25) is 0 Å². The van der Waals surface area contributed by atoms with Crippen molar-refractivity contribution in [2.75, 3.05) is 0 Å². The van der Waals surface area contributed by atoms with Gasteiger partial charge in [-0.05, 0) is 18.2 Å². The van der Waals surface area contributed by atoms with Gasteiger partial charge in [0.1, 0.15) is 5.52 Å². The van der Waals surface area contributed by atoms with Crippen molar-refractivity contribution in [3.63, 3.8) is 0 Å². The number of hydrogen-bond acceptors (Lipinski definition) is 3. The van der Waals surface area contributed by atoms with E-state index in [1.807, 2.05) is 36.5 Å². The molecule has 1 aromatic heterocycles. The van der Waals surface area contributed by atoms with E-state index >= 15 is 0 Å². The molecule has 0 spiro atoms. The average molecular weight is 301 g/mol. The van der Waals surface area contributed by atoms with Crippen molar-refractivity contribution >= 4 is 21.0 Å². The highest BCUT2D eigenvalue weighted by Crippen LogP contribution is 2.11. The molecule has 1 N–H and O–H groups in total. The maximum absolute atomic E-state index is 11.1. The summed E-state index contributed by atoms with van der Waals surface area (Å²) >= 11 is 0. The smallest absolute Gasteiger partial charge is 0.282 e. The first-order valence-electron chi connectivity index (χ1n) is 6.34. The molecule has 0 aliphatic heterocycles. The van der Waals surface area contributed by atoms with Crippen molar-refractivity contribution in [1.82, 2.24) is 5.10 Å². The molecule has 0 aliphatic rings. The third-order valence-electron chi connectivity index (χ3n) is 3.14. The predicted molar refractivity (Wildman–Crippen MR) is 77.3 cm³/mol. The van der Waals surface area contributed by atoms with E-state index in [0.29, 0.717) is 6.54 Å². The lowest BCUT2D eigenvalue weighted by Gasteiger charge is -2.00. The van der Waals surface area contributed by atoms with Gasteiger partial charge in [-0.25, -0.2) is 0 Å². The van der Waals surface area contributed by atoms with Crippen molar-refractivity contribution in [2.45, 2.75) is 11.4 Å². The minimum Gasteiger partial charge on any atom is -0.282 e. The third kappa shape index (κ3) is 3.07. The number of hydrogen-bond donors (Lipinski definition) is 1. The monoisotopic (exact) mass is 301 g/mol. The standard InChI is InChI=1S/C15H12N2O3S/c18-21(19,20)14-6-3-4-12(10-14)11-17-9-8-13-5-1-2-7-15(13)16-17/h1-10H,11H2/p+1. The highest BCUT2D eigenvalue weighted by Gasteiger charge is 2.12. The minimum atomic E-state index is -4.18. The average Bonchev–Trinajstić information content (AvgIpc) is 2.46. The van der Waals surface area contributed by atoms with Gasteiger partial charge in [-0.1, -0.05) is 35.0 Å². The molecule has 3 rings (SSSR count). The molecule has 3 aromatic rings. The molecule has 0 unspecified atom stereocenters. The van der Waals surface area contributed by atoms with Crippen LogP contribution in [0.25, 0.3) is 10.9 Å². The second-order valence-corrected chi connectivity index (χ2v) is 6.12. The zero-order chi connectivity index (χ0) is 14.9. The first-order chi connectivity index (χ1) is 10.0. The Morgan fingerprint density at radius 1 is 1.05 bits per heavy atom. The van der Waals surface area contributed by atoms with Gasteiger partial charge in [-0.3, -0.25) is 4.55 Å². The van der Waals surface area contributed by atoms with Crippen LogP contribution >= 0.6 is 0 Å². The Labute approximate surface area is 122 Å². The molecular weight excluding hydrogens is 288 g/mol. The molecule has 0 saturated carbocycles. The molecule has 0 bridgehead atoms. The van der Waals surface area contributed by atoms with E-state index in [1.165, 1.54) is 12.1 Å². The van der Waals surface area contributed by atoms with Gasteiger partial charge in [0.15, 0.2) is 12.7 Å². The van der Waals surface area contributed by atoms with Crippen molar-refractivity contribution < 1.29 is 17.7 Å². The fraction of sp³-hybridized carbons (Fsp3) is 0.0667. The molecule has 1 heterocycles. The number of rotatable bonds is 3. The Morgan fingerprint density at radius 2 is 1.86 bits per heavy atom. The van der Waals surface area contributed by atoms with Crippen LogP contribution in [-0.2, 0) is 16.7 Å². The lowest BCUT2D eigenvalue weighted by Crippen LogP contribution is -2.37. The van der Waals surface area contributed by atoms with Crippen molar-refractivity contribution in [3.8, 4) is 0 Å². The van der Waals surface area contributed by atoms with Crippen LogP contribution in [0, 0.1) is 0 Å². The Morgan fingerprint density at radius 3 is 2.67 bits per heavy atom. The summed E-state index contributed by atoms with van der Waals surface area (Å²) in [5, 5.41) is 5.51. The molecule has 21 heavy (non-hydrogen) atoms. The largest absolute Gasteiger partial charge is 0.294 e. The van der Waals surface area contributed by atoms with Crippen LogP contribution in [-0.4, -0.2) is 18.1 Å². The zero-order valence-corrected chi connectivity index (χ0v) is 11.9. The van der Waals surface area contributed by atoms with E-state index in [0.717, 1.165) is 16.5 Å². The van der Waals surface area contributed by atoms with Gasteiger partial charge in [0.05, 0.1) is 4.90 Å². The molecule has 2 aromatic carbocycles. The van der Waals surface area contributed by atoms with Gasteiger partial charge in [-0.2, -0.15) is 8.42 Å². The second kappa shape index (κ2) is 5.23. The number of fused-ring (bicyclic) bond motifs is 1. The molecule has 6 heteroatoms. The molecule has 0 atom stereocenters. The van der Waals surface area contributed by atoms with Gasteiger partial charge < -0.3 is 0 Å². The van der Waals surface area contributed by atoms with Gasteiger partial charge in [0.25, 0.3) is 10.1 Å². The van der Waals surface area contributed by atoms with E-state index in [-0.39, 0.29) is 4.90 Å². The van der Waals surface area contributed by atoms with E-state index in [9.17, 15) is 8.42 Å². The fourth-order valence-electron chi connectivity index (χ4n) is 2.14. The Bertz CT molecular complexity index is 907. The number of aromatic nitrogens is 2. The van der Waals surface area contributed by atoms with Crippen LogP contribution in [0.2, 0.25) is 0 Å². The topological polar surface area (TPSA) is 71.1 Å². The van der Waals surface area contributed by atoms with Crippen LogP contribution in [0.1, 0.15) is 5.56 Å². The van der Waals surface area contributed by atoms with Crippen molar-refractivity contribution in [2.24, 2.45) is 0 Å². The molecule has 0 fully saturated rings. The maximum atomic E-state index is 11.1.